The highest BCUT2D eigenvalue weighted by Crippen LogP contribution is 2.40. The van der Waals surface area contributed by atoms with Gasteiger partial charge in [-0.05, 0) is 60.9 Å². The number of allylic oxidation sites excluding steroid dienone is 1. The third-order valence-electron chi connectivity index (χ3n) is 4.67. The molecule has 5 heteroatoms. The van der Waals surface area contributed by atoms with Gasteiger partial charge in [0.15, 0.2) is 11.5 Å². The van der Waals surface area contributed by atoms with Gasteiger partial charge in [-0.1, -0.05) is 12.1 Å². The number of hydrogen-bond acceptors (Lipinski definition) is 4. The minimum Gasteiger partial charge on any atom is -0.493 e. The lowest BCUT2D eigenvalue weighted by Gasteiger charge is -2.28. The Morgan fingerprint density at radius 1 is 1.04 bits per heavy atom. The Morgan fingerprint density at radius 2 is 1.71 bits per heavy atom. The zero-order chi connectivity index (χ0) is 20.3. The zero-order valence-corrected chi connectivity index (χ0v) is 16.8. The van der Waals surface area contributed by atoms with Gasteiger partial charge >= 0.3 is 0 Å². The standard InChI is InChI=1S/C23H25FO4/c1-23(2)9-8-17-13-16(6-7-19(17)28-23)18(14-24)10-15-11-20(25-3)22(27-5)21(12-15)26-4/h6-9,11-14H,10H2,1-5H3/b18-14-/i24-1. The van der Waals surface area contributed by atoms with Gasteiger partial charge in [-0.3, -0.25) is 0 Å². The fourth-order valence-corrected chi connectivity index (χ4v) is 3.24. The van der Waals surface area contributed by atoms with Crippen molar-refractivity contribution in [2.75, 3.05) is 21.3 Å². The van der Waals surface area contributed by atoms with E-state index in [0.717, 1.165) is 22.4 Å². The Hall–Kier alpha value is -2.95. The molecule has 0 atom stereocenters. The Balaban J connectivity index is 1.92. The van der Waals surface area contributed by atoms with Crippen LogP contribution < -0.4 is 18.9 Å². The average molecular weight is 383 g/mol. The van der Waals surface area contributed by atoms with E-state index in [-0.39, 0.29) is 5.60 Å². The molecule has 1 aliphatic heterocycles. The zero-order valence-electron chi connectivity index (χ0n) is 16.8. The number of fused-ring (bicyclic) bond motifs is 1. The summed E-state index contributed by atoms with van der Waals surface area (Å²) in [7, 11) is 4.67. The molecule has 148 valence electrons. The van der Waals surface area contributed by atoms with Crippen LogP contribution in [0.5, 0.6) is 23.0 Å². The van der Waals surface area contributed by atoms with Gasteiger partial charge in [0, 0.05) is 12.0 Å². The normalized spacial score (nSPS) is 14.9. The maximum atomic E-state index is 13.8. The van der Waals surface area contributed by atoms with Crippen LogP contribution in [0.3, 0.4) is 0 Å². The van der Waals surface area contributed by atoms with Gasteiger partial charge in [0.1, 0.15) is 11.4 Å². The second-order valence-electron chi connectivity index (χ2n) is 7.14. The molecular formula is C23H25FO4. The molecule has 0 bridgehead atoms. The van der Waals surface area contributed by atoms with Gasteiger partial charge in [0.05, 0.1) is 27.7 Å². The number of ether oxygens (including phenoxy) is 4. The van der Waals surface area contributed by atoms with Crippen LogP contribution in [-0.4, -0.2) is 26.9 Å². The predicted octanol–water partition coefficient (Wildman–Crippen LogP) is 5.45. The first-order chi connectivity index (χ1) is 13.4. The predicted molar refractivity (Wildman–Crippen MR) is 109 cm³/mol. The number of halogens is 1. The van der Waals surface area contributed by atoms with E-state index in [4.69, 9.17) is 18.9 Å². The molecule has 0 aliphatic carbocycles. The van der Waals surface area contributed by atoms with Crippen molar-refractivity contribution in [2.24, 2.45) is 0 Å². The van der Waals surface area contributed by atoms with Crippen molar-refractivity contribution in [3.8, 4) is 23.0 Å². The lowest BCUT2D eigenvalue weighted by atomic mass is 9.95. The third-order valence-corrected chi connectivity index (χ3v) is 4.67. The SMILES string of the molecule is COc1cc(C/C(=C/[18F])c2ccc3c(c2)C=CC(C)(C)O3)cc(OC)c1OC. The van der Waals surface area contributed by atoms with Crippen LogP contribution in [0.25, 0.3) is 11.6 Å². The Morgan fingerprint density at radius 3 is 2.29 bits per heavy atom. The van der Waals surface area contributed by atoms with Gasteiger partial charge in [-0.2, -0.15) is 0 Å². The fourth-order valence-electron chi connectivity index (χ4n) is 3.24. The second-order valence-corrected chi connectivity index (χ2v) is 7.14. The lowest BCUT2D eigenvalue weighted by molar-refractivity contribution is 0.159. The molecule has 0 saturated heterocycles. The molecule has 2 aromatic carbocycles. The molecular weight excluding hydrogens is 358 g/mol. The maximum absolute atomic E-state index is 13.8. The van der Waals surface area contributed by atoms with Crippen LogP contribution in [0.4, 0.5) is 4.39 Å². The molecule has 0 saturated carbocycles. The van der Waals surface area contributed by atoms with Crippen LogP contribution in [0.15, 0.2) is 42.7 Å². The van der Waals surface area contributed by atoms with Crippen LogP contribution >= 0.6 is 0 Å². The fraction of sp³-hybridized carbons (Fsp3) is 0.304. The quantitative estimate of drug-likeness (QED) is 0.665. The molecule has 2 aromatic rings. The molecule has 0 N–H and O–H groups in total. The van der Waals surface area contributed by atoms with Crippen LogP contribution in [-0.2, 0) is 6.42 Å². The van der Waals surface area contributed by atoms with E-state index in [1.54, 1.807) is 21.3 Å². The van der Waals surface area contributed by atoms with E-state index in [1.165, 1.54) is 0 Å². The molecule has 0 amide bonds. The van der Waals surface area contributed by atoms with E-state index in [9.17, 15) is 4.39 Å². The van der Waals surface area contributed by atoms with Crippen molar-refractivity contribution in [3.63, 3.8) is 0 Å². The molecule has 0 fully saturated rings. The summed E-state index contributed by atoms with van der Waals surface area (Å²) in [6.07, 6.45) is 5.03. The summed E-state index contributed by atoms with van der Waals surface area (Å²) in [6, 6.07) is 9.35. The summed E-state index contributed by atoms with van der Waals surface area (Å²) in [5.74, 6) is 2.39. The topological polar surface area (TPSA) is 36.9 Å². The lowest BCUT2D eigenvalue weighted by Crippen LogP contribution is -2.27. The van der Waals surface area contributed by atoms with Gasteiger partial charge in [0.2, 0.25) is 5.75 Å². The van der Waals surface area contributed by atoms with E-state index in [2.05, 4.69) is 0 Å². The van der Waals surface area contributed by atoms with Crippen molar-refractivity contribution in [2.45, 2.75) is 25.9 Å². The van der Waals surface area contributed by atoms with Gasteiger partial charge in [0.25, 0.3) is 0 Å². The first kappa shape index (κ1) is 19.8. The van der Waals surface area contributed by atoms with Crippen LogP contribution in [0, 0.1) is 0 Å². The first-order valence-electron chi connectivity index (χ1n) is 9.01. The van der Waals surface area contributed by atoms with Gasteiger partial charge in [-0.25, -0.2) is 4.39 Å². The second kappa shape index (κ2) is 7.97. The minimum absolute atomic E-state index is 0.344. The first-order valence-corrected chi connectivity index (χ1v) is 9.01. The summed E-state index contributed by atoms with van der Waals surface area (Å²) in [6.45, 7) is 4.00. The van der Waals surface area contributed by atoms with E-state index < -0.39 is 0 Å². The van der Waals surface area contributed by atoms with E-state index in [1.807, 2.05) is 56.3 Å². The largest absolute Gasteiger partial charge is 0.493 e. The van der Waals surface area contributed by atoms with Crippen LogP contribution in [0.1, 0.15) is 30.5 Å². The molecule has 0 aromatic heterocycles. The highest BCUT2D eigenvalue weighted by atomic mass is 18.2. The Kier molecular flexibility index (Phi) is 5.63. The average Bonchev–Trinajstić information content (AvgIpc) is 2.70. The summed E-state index contributed by atoms with van der Waals surface area (Å²) in [5, 5.41) is 0. The Labute approximate surface area is 165 Å². The number of hydrogen-bond donors (Lipinski definition) is 0. The van der Waals surface area contributed by atoms with Crippen molar-refractivity contribution < 1.29 is 23.3 Å². The maximum Gasteiger partial charge on any atom is 0.203 e. The third kappa shape index (κ3) is 3.98. The van der Waals surface area contributed by atoms with Crippen molar-refractivity contribution in [1.82, 2.24) is 0 Å². The number of rotatable bonds is 6. The molecule has 0 spiro atoms. The summed E-state index contributed by atoms with van der Waals surface area (Å²) in [4.78, 5) is 0. The van der Waals surface area contributed by atoms with E-state index in [0.29, 0.717) is 35.6 Å². The minimum atomic E-state index is -0.344. The smallest absolute Gasteiger partial charge is 0.203 e. The highest BCUT2D eigenvalue weighted by molar-refractivity contribution is 5.73. The molecule has 1 heterocycles. The van der Waals surface area contributed by atoms with Crippen molar-refractivity contribution >= 4 is 11.6 Å². The molecule has 0 unspecified atom stereocenters. The number of benzene rings is 2. The van der Waals surface area contributed by atoms with Crippen molar-refractivity contribution in [3.05, 3.63) is 59.4 Å². The molecule has 0 radical (unpaired) electrons. The molecule has 3 rings (SSSR count). The highest BCUT2D eigenvalue weighted by Gasteiger charge is 2.22. The summed E-state index contributed by atoms with van der Waals surface area (Å²) >= 11 is 0. The monoisotopic (exact) mass is 383 g/mol. The molecule has 4 nitrogen and oxygen atoms in total. The molecule has 1 aliphatic rings. The van der Waals surface area contributed by atoms with Crippen molar-refractivity contribution in [1.29, 1.82) is 0 Å². The summed E-state index contributed by atoms with van der Waals surface area (Å²) < 4.78 is 35.9. The van der Waals surface area contributed by atoms with Gasteiger partial charge < -0.3 is 18.9 Å². The summed E-state index contributed by atoms with van der Waals surface area (Å²) in [5.41, 5.74) is 2.78. The van der Waals surface area contributed by atoms with Crippen LogP contribution in [0.2, 0.25) is 0 Å². The number of methoxy groups -OCH3 is 3. The Bertz CT molecular complexity index is 903. The molecule has 28 heavy (non-hydrogen) atoms. The van der Waals surface area contributed by atoms with E-state index >= 15 is 0 Å². The van der Waals surface area contributed by atoms with Gasteiger partial charge in [-0.15, -0.1) is 0 Å².